The van der Waals surface area contributed by atoms with Crippen molar-refractivity contribution in [2.75, 3.05) is 0 Å². The summed E-state index contributed by atoms with van der Waals surface area (Å²) in [4.78, 5) is 0. The fourth-order valence-electron chi connectivity index (χ4n) is 2.67. The molecule has 0 rings (SSSR count). The minimum absolute atomic E-state index is 0.954. The maximum atomic E-state index is 2.34. The SMILES string of the molecule is CCCCC(C)CC.CCC[CH2][SnH]([CH2]CCC)[CH2]CCC. The van der Waals surface area contributed by atoms with Crippen LogP contribution in [0, 0.1) is 5.92 Å². The van der Waals surface area contributed by atoms with Gasteiger partial charge in [0.2, 0.25) is 0 Å². The first-order chi connectivity index (χ1) is 10.2. The molecule has 0 aliphatic carbocycles. The van der Waals surface area contributed by atoms with Crippen LogP contribution in [0.2, 0.25) is 13.3 Å². The maximum absolute atomic E-state index is 2.34. The number of rotatable bonds is 13. The van der Waals surface area contributed by atoms with Crippen LogP contribution in [-0.4, -0.2) is 19.8 Å². The van der Waals surface area contributed by atoms with Gasteiger partial charge in [-0.25, -0.2) is 0 Å². The zero-order valence-corrected chi connectivity index (χ0v) is 19.6. The Kier molecular flexibility index (Phi) is 23.8. The van der Waals surface area contributed by atoms with Gasteiger partial charge in [-0.1, -0.05) is 46.5 Å². The van der Waals surface area contributed by atoms with Crippen molar-refractivity contribution in [3.05, 3.63) is 0 Å². The third-order valence-corrected chi connectivity index (χ3v) is 15.1. The van der Waals surface area contributed by atoms with E-state index in [0.717, 1.165) is 5.92 Å². The summed E-state index contributed by atoms with van der Waals surface area (Å²) < 4.78 is 5.08. The third kappa shape index (κ3) is 20.8. The van der Waals surface area contributed by atoms with E-state index in [0.29, 0.717) is 0 Å². The van der Waals surface area contributed by atoms with Gasteiger partial charge in [0.05, 0.1) is 0 Å². The topological polar surface area (TPSA) is 0 Å². The summed E-state index contributed by atoms with van der Waals surface area (Å²) in [6.07, 6.45) is 14.4. The van der Waals surface area contributed by atoms with Gasteiger partial charge in [-0.15, -0.1) is 0 Å². The molecular formula is C20H46Sn. The third-order valence-electron chi connectivity index (χ3n) is 4.65. The Bertz CT molecular complexity index is 148. The van der Waals surface area contributed by atoms with Crippen molar-refractivity contribution in [3.8, 4) is 0 Å². The summed E-state index contributed by atoms with van der Waals surface area (Å²) in [5.41, 5.74) is 0. The van der Waals surface area contributed by atoms with Crippen LogP contribution in [0.15, 0.2) is 0 Å². The fourth-order valence-corrected chi connectivity index (χ4v) is 13.6. The number of unbranched alkanes of at least 4 members (excludes halogenated alkanes) is 4. The summed E-state index contributed by atoms with van der Waals surface area (Å²) >= 11 is -0.967. The van der Waals surface area contributed by atoms with Gasteiger partial charge < -0.3 is 0 Å². The standard InChI is InChI=1S/C8H18.3C4H9.Sn.H/c1-4-6-7-8(3)5-2;3*1-3-4-2;;/h8H,4-7H2,1-3H3;3*1,3-4H2,2H3;;. The van der Waals surface area contributed by atoms with Crippen molar-refractivity contribution < 1.29 is 0 Å². The molecule has 1 heteroatoms. The van der Waals surface area contributed by atoms with Crippen LogP contribution in [0.1, 0.15) is 106 Å². The van der Waals surface area contributed by atoms with E-state index in [9.17, 15) is 0 Å². The second kappa shape index (κ2) is 20.8. The van der Waals surface area contributed by atoms with Gasteiger partial charge >= 0.3 is 92.4 Å². The predicted octanol–water partition coefficient (Wildman–Crippen LogP) is 7.84. The molecule has 0 fully saturated rings. The molecule has 130 valence electrons. The van der Waals surface area contributed by atoms with Crippen LogP contribution in [0.3, 0.4) is 0 Å². The van der Waals surface area contributed by atoms with Gasteiger partial charge in [0, 0.05) is 0 Å². The molecule has 0 nitrogen and oxygen atoms in total. The predicted molar refractivity (Wildman–Crippen MR) is 105 cm³/mol. The monoisotopic (exact) mass is 406 g/mol. The Hall–Kier alpha value is 0.799. The first-order valence-electron chi connectivity index (χ1n) is 10.2. The quantitative estimate of drug-likeness (QED) is 0.274. The zero-order valence-electron chi connectivity index (χ0n) is 16.3. The van der Waals surface area contributed by atoms with Gasteiger partial charge in [0.15, 0.2) is 0 Å². The van der Waals surface area contributed by atoms with E-state index < -0.39 is 19.8 Å². The summed E-state index contributed by atoms with van der Waals surface area (Å²) in [5, 5.41) is 0. The van der Waals surface area contributed by atoms with Crippen molar-refractivity contribution in [1.82, 2.24) is 0 Å². The first kappa shape index (κ1) is 24.1. The Labute approximate surface area is 144 Å². The van der Waals surface area contributed by atoms with E-state index in [4.69, 9.17) is 0 Å². The van der Waals surface area contributed by atoms with Gasteiger partial charge in [-0.3, -0.25) is 0 Å². The second-order valence-electron chi connectivity index (χ2n) is 6.95. The van der Waals surface area contributed by atoms with Crippen LogP contribution in [0.4, 0.5) is 0 Å². The van der Waals surface area contributed by atoms with Gasteiger partial charge in [0.1, 0.15) is 0 Å². The molecule has 0 aromatic heterocycles. The van der Waals surface area contributed by atoms with E-state index >= 15 is 0 Å². The molecule has 0 aromatic carbocycles. The molecule has 0 N–H and O–H groups in total. The average molecular weight is 405 g/mol. The molecule has 1 unspecified atom stereocenters. The Morgan fingerprint density at radius 3 is 1.29 bits per heavy atom. The van der Waals surface area contributed by atoms with Gasteiger partial charge in [-0.05, 0) is 5.92 Å². The fraction of sp³-hybridized carbons (Fsp3) is 1.00. The first-order valence-corrected chi connectivity index (χ1v) is 17.1. The van der Waals surface area contributed by atoms with Crippen LogP contribution >= 0.6 is 0 Å². The van der Waals surface area contributed by atoms with Crippen molar-refractivity contribution in [3.63, 3.8) is 0 Å². The molecule has 0 radical (unpaired) electrons. The molecule has 1 atom stereocenters. The zero-order chi connectivity index (χ0) is 16.3. The van der Waals surface area contributed by atoms with E-state index in [1.165, 1.54) is 64.2 Å². The molecular weight excluding hydrogens is 359 g/mol. The molecule has 0 saturated heterocycles. The summed E-state index contributed by atoms with van der Waals surface area (Å²) in [7, 11) is 0. The van der Waals surface area contributed by atoms with Crippen LogP contribution < -0.4 is 0 Å². The van der Waals surface area contributed by atoms with Crippen molar-refractivity contribution >= 4 is 19.8 Å². The molecule has 0 aromatic rings. The Balaban J connectivity index is 0. The van der Waals surface area contributed by atoms with E-state index in [2.05, 4.69) is 41.5 Å². The molecule has 0 saturated carbocycles. The van der Waals surface area contributed by atoms with E-state index in [1.807, 2.05) is 0 Å². The van der Waals surface area contributed by atoms with Crippen LogP contribution in [0.25, 0.3) is 0 Å². The molecule has 0 bridgehead atoms. The van der Waals surface area contributed by atoms with Crippen molar-refractivity contribution in [2.24, 2.45) is 5.92 Å². The molecule has 21 heavy (non-hydrogen) atoms. The van der Waals surface area contributed by atoms with Crippen molar-refractivity contribution in [2.45, 2.75) is 119 Å². The van der Waals surface area contributed by atoms with Gasteiger partial charge in [0.25, 0.3) is 0 Å². The molecule has 0 heterocycles. The summed E-state index contributed by atoms with van der Waals surface area (Å²) in [6.45, 7) is 13.9. The Morgan fingerprint density at radius 1 is 0.619 bits per heavy atom. The van der Waals surface area contributed by atoms with Crippen LogP contribution in [0.5, 0.6) is 0 Å². The van der Waals surface area contributed by atoms with Gasteiger partial charge in [-0.2, -0.15) is 0 Å². The number of hydrogen-bond acceptors (Lipinski definition) is 0. The molecule has 0 spiro atoms. The Morgan fingerprint density at radius 2 is 1.00 bits per heavy atom. The van der Waals surface area contributed by atoms with E-state index in [1.54, 1.807) is 13.3 Å². The summed E-state index contributed by atoms with van der Waals surface area (Å²) in [5.74, 6) is 0.954. The van der Waals surface area contributed by atoms with Crippen LogP contribution in [-0.2, 0) is 0 Å². The average Bonchev–Trinajstić information content (AvgIpc) is 2.52. The molecule has 0 amide bonds. The van der Waals surface area contributed by atoms with E-state index in [-0.39, 0.29) is 0 Å². The summed E-state index contributed by atoms with van der Waals surface area (Å²) in [6, 6.07) is 0. The molecule has 0 aliphatic heterocycles. The number of hydrogen-bond donors (Lipinski definition) is 0. The normalized spacial score (nSPS) is 12.1. The second-order valence-corrected chi connectivity index (χ2v) is 16.8. The van der Waals surface area contributed by atoms with Crippen molar-refractivity contribution in [1.29, 1.82) is 0 Å². The minimum atomic E-state index is -0.967. The molecule has 0 aliphatic rings.